The van der Waals surface area contributed by atoms with Gasteiger partial charge in [0.25, 0.3) is 0 Å². The molecule has 1 N–H and O–H groups in total. The van der Waals surface area contributed by atoms with Crippen LogP contribution in [0.25, 0.3) is 5.69 Å². The summed E-state index contributed by atoms with van der Waals surface area (Å²) in [4.78, 5) is 12.5. The Bertz CT molecular complexity index is 1080. The van der Waals surface area contributed by atoms with Gasteiger partial charge in [-0.1, -0.05) is 55.3 Å². The molecule has 166 valence electrons. The van der Waals surface area contributed by atoms with Crippen molar-refractivity contribution in [2.75, 3.05) is 12.5 Å². The van der Waals surface area contributed by atoms with Gasteiger partial charge in [-0.3, -0.25) is 9.36 Å². The van der Waals surface area contributed by atoms with E-state index in [1.165, 1.54) is 31.0 Å². The standard InChI is InChI=1S/C24H26N4O3S/c29-22(25-14-17-11-12-20-21(13-17)31-16-30-20)15-32-24-27-26-23(18-7-3-1-4-8-18)28(24)19-9-5-2-6-10-19/h2,5-6,9-13,18H,1,3-4,7-8,14-16H2,(H,25,29). The molecule has 2 aromatic carbocycles. The van der Waals surface area contributed by atoms with Crippen molar-refractivity contribution < 1.29 is 14.3 Å². The van der Waals surface area contributed by atoms with Crippen molar-refractivity contribution in [3.8, 4) is 17.2 Å². The van der Waals surface area contributed by atoms with Gasteiger partial charge in [0, 0.05) is 18.2 Å². The molecular weight excluding hydrogens is 424 g/mol. The summed E-state index contributed by atoms with van der Waals surface area (Å²) < 4.78 is 12.9. The zero-order valence-electron chi connectivity index (χ0n) is 17.8. The van der Waals surface area contributed by atoms with Crippen molar-refractivity contribution >= 4 is 17.7 Å². The maximum atomic E-state index is 12.5. The lowest BCUT2D eigenvalue weighted by Gasteiger charge is -2.22. The molecule has 0 atom stereocenters. The fourth-order valence-electron chi connectivity index (χ4n) is 4.25. The minimum absolute atomic E-state index is 0.0468. The number of para-hydroxylation sites is 1. The zero-order valence-corrected chi connectivity index (χ0v) is 18.6. The molecule has 1 aliphatic carbocycles. The van der Waals surface area contributed by atoms with E-state index in [4.69, 9.17) is 9.47 Å². The van der Waals surface area contributed by atoms with Gasteiger partial charge < -0.3 is 14.8 Å². The van der Waals surface area contributed by atoms with Crippen molar-refractivity contribution in [1.82, 2.24) is 20.1 Å². The first-order valence-electron chi connectivity index (χ1n) is 11.1. The quantitative estimate of drug-likeness (QED) is 0.536. The van der Waals surface area contributed by atoms with Crippen molar-refractivity contribution in [1.29, 1.82) is 0 Å². The lowest BCUT2D eigenvalue weighted by atomic mass is 9.88. The second-order valence-corrected chi connectivity index (χ2v) is 9.04. The van der Waals surface area contributed by atoms with Gasteiger partial charge in [-0.2, -0.15) is 0 Å². The van der Waals surface area contributed by atoms with Crippen LogP contribution in [0.5, 0.6) is 11.5 Å². The van der Waals surface area contributed by atoms with Crippen LogP contribution in [0.1, 0.15) is 49.4 Å². The van der Waals surface area contributed by atoms with Gasteiger partial charge in [0.05, 0.1) is 5.75 Å². The van der Waals surface area contributed by atoms with Crippen molar-refractivity contribution in [3.63, 3.8) is 0 Å². The third kappa shape index (κ3) is 4.60. The molecule has 1 aromatic heterocycles. The summed E-state index contributed by atoms with van der Waals surface area (Å²) in [5.41, 5.74) is 2.01. The zero-order chi connectivity index (χ0) is 21.8. The van der Waals surface area contributed by atoms with Crippen LogP contribution in [0, 0.1) is 0 Å². The van der Waals surface area contributed by atoms with Gasteiger partial charge in [-0.25, -0.2) is 0 Å². The highest BCUT2D eigenvalue weighted by atomic mass is 32.2. The van der Waals surface area contributed by atoms with Gasteiger partial charge in [-0.15, -0.1) is 10.2 Å². The minimum atomic E-state index is -0.0468. The van der Waals surface area contributed by atoms with E-state index < -0.39 is 0 Å². The van der Waals surface area contributed by atoms with Crippen molar-refractivity contribution in [2.24, 2.45) is 0 Å². The molecule has 7 nitrogen and oxygen atoms in total. The number of ether oxygens (including phenoxy) is 2. The Morgan fingerprint density at radius 1 is 1.03 bits per heavy atom. The first-order chi connectivity index (χ1) is 15.8. The summed E-state index contributed by atoms with van der Waals surface area (Å²) in [6.45, 7) is 0.682. The topological polar surface area (TPSA) is 78.3 Å². The van der Waals surface area contributed by atoms with E-state index in [9.17, 15) is 4.79 Å². The first-order valence-corrected chi connectivity index (χ1v) is 12.1. The van der Waals surface area contributed by atoms with Crippen LogP contribution >= 0.6 is 11.8 Å². The molecule has 1 fully saturated rings. The van der Waals surface area contributed by atoms with E-state index in [0.717, 1.165) is 46.6 Å². The van der Waals surface area contributed by atoms with Gasteiger partial charge >= 0.3 is 0 Å². The van der Waals surface area contributed by atoms with E-state index in [-0.39, 0.29) is 18.5 Å². The van der Waals surface area contributed by atoms with E-state index in [2.05, 4.69) is 32.2 Å². The maximum absolute atomic E-state index is 12.5. The summed E-state index contributed by atoms with van der Waals surface area (Å²) in [6, 6.07) is 15.9. The van der Waals surface area contributed by atoms with Crippen molar-refractivity contribution in [3.05, 3.63) is 59.9 Å². The van der Waals surface area contributed by atoms with Gasteiger partial charge in [0.2, 0.25) is 12.7 Å². The van der Waals surface area contributed by atoms with E-state index in [1.54, 1.807) is 0 Å². The highest BCUT2D eigenvalue weighted by molar-refractivity contribution is 7.99. The fourth-order valence-corrected chi connectivity index (χ4v) is 5.04. The predicted molar refractivity (Wildman–Crippen MR) is 122 cm³/mol. The summed E-state index contributed by atoms with van der Waals surface area (Å²) in [5.74, 6) is 3.13. The number of rotatable bonds is 7. The Hall–Kier alpha value is -3.00. The fraction of sp³-hybridized carbons (Fsp3) is 0.375. The number of amides is 1. The second-order valence-electron chi connectivity index (χ2n) is 8.10. The summed E-state index contributed by atoms with van der Waals surface area (Å²) in [6.07, 6.45) is 6.05. The van der Waals surface area contributed by atoms with Crippen LogP contribution in [0.15, 0.2) is 53.7 Å². The Kier molecular flexibility index (Phi) is 6.29. The molecule has 8 heteroatoms. The average molecular weight is 451 g/mol. The molecule has 32 heavy (non-hydrogen) atoms. The Morgan fingerprint density at radius 3 is 2.69 bits per heavy atom. The molecule has 0 radical (unpaired) electrons. The van der Waals surface area contributed by atoms with Crippen LogP contribution in [0.3, 0.4) is 0 Å². The number of hydrogen-bond donors (Lipinski definition) is 1. The Morgan fingerprint density at radius 2 is 1.84 bits per heavy atom. The van der Waals surface area contributed by atoms with Gasteiger partial charge in [0.15, 0.2) is 16.7 Å². The molecule has 5 rings (SSSR count). The number of aromatic nitrogens is 3. The van der Waals surface area contributed by atoms with Crippen LogP contribution < -0.4 is 14.8 Å². The van der Waals surface area contributed by atoms with Crippen LogP contribution in [0.2, 0.25) is 0 Å². The van der Waals surface area contributed by atoms with E-state index in [1.807, 2.05) is 36.4 Å². The molecule has 1 saturated carbocycles. The van der Waals surface area contributed by atoms with E-state index >= 15 is 0 Å². The third-order valence-corrected chi connectivity index (χ3v) is 6.83. The monoisotopic (exact) mass is 450 g/mol. The molecule has 0 unspecified atom stereocenters. The molecule has 1 amide bonds. The summed E-state index contributed by atoms with van der Waals surface area (Å²) >= 11 is 1.42. The highest BCUT2D eigenvalue weighted by Crippen LogP contribution is 2.35. The first kappa shape index (κ1) is 20.9. The average Bonchev–Trinajstić information content (AvgIpc) is 3.49. The number of benzene rings is 2. The largest absolute Gasteiger partial charge is 0.454 e. The lowest BCUT2D eigenvalue weighted by Crippen LogP contribution is -2.24. The summed E-state index contributed by atoms with van der Waals surface area (Å²) in [5, 5.41) is 12.8. The normalized spacial score (nSPS) is 15.6. The molecule has 1 aliphatic heterocycles. The number of carbonyl (C=O) groups is 1. The van der Waals surface area contributed by atoms with E-state index in [0.29, 0.717) is 12.5 Å². The number of nitrogens with one attached hydrogen (secondary N) is 1. The van der Waals surface area contributed by atoms with Crippen LogP contribution in [-0.2, 0) is 11.3 Å². The predicted octanol–water partition coefficient (Wildman–Crippen LogP) is 4.45. The molecule has 0 bridgehead atoms. The molecule has 2 aliphatic rings. The molecule has 2 heterocycles. The van der Waals surface area contributed by atoms with Gasteiger partial charge in [0.1, 0.15) is 5.82 Å². The number of nitrogens with zero attached hydrogens (tertiary/aromatic N) is 3. The summed E-state index contributed by atoms with van der Waals surface area (Å²) in [7, 11) is 0. The Balaban J connectivity index is 1.25. The SMILES string of the molecule is O=C(CSc1nnc(C2CCCCC2)n1-c1ccccc1)NCc1ccc2c(c1)OCO2. The smallest absolute Gasteiger partial charge is 0.231 e. The number of fused-ring (bicyclic) bond motifs is 1. The number of carbonyl (C=O) groups excluding carboxylic acids is 1. The molecule has 0 spiro atoms. The van der Waals surface area contributed by atoms with Crippen LogP contribution in [0.4, 0.5) is 0 Å². The van der Waals surface area contributed by atoms with Gasteiger partial charge in [-0.05, 0) is 42.7 Å². The molecular formula is C24H26N4O3S. The lowest BCUT2D eigenvalue weighted by molar-refractivity contribution is -0.118. The number of thioether (sulfide) groups is 1. The highest BCUT2D eigenvalue weighted by Gasteiger charge is 2.24. The number of hydrogen-bond acceptors (Lipinski definition) is 6. The molecule has 3 aromatic rings. The molecule has 0 saturated heterocycles. The van der Waals surface area contributed by atoms with Crippen LogP contribution in [-0.4, -0.2) is 33.2 Å². The second kappa shape index (κ2) is 9.65. The third-order valence-electron chi connectivity index (χ3n) is 5.90. The van der Waals surface area contributed by atoms with Crippen molar-refractivity contribution in [2.45, 2.75) is 49.7 Å². The Labute approximate surface area is 191 Å². The maximum Gasteiger partial charge on any atom is 0.231 e. The minimum Gasteiger partial charge on any atom is -0.454 e.